The summed E-state index contributed by atoms with van der Waals surface area (Å²) in [5.41, 5.74) is 11.3. The second-order valence-corrected chi connectivity index (χ2v) is 3.20. The molecule has 0 bridgehead atoms. The lowest BCUT2D eigenvalue weighted by Crippen LogP contribution is -2.39. The zero-order chi connectivity index (χ0) is 6.85. The van der Waals surface area contributed by atoms with Crippen molar-refractivity contribution in [3.8, 4) is 0 Å². The summed E-state index contributed by atoms with van der Waals surface area (Å²) in [5, 5.41) is 0. The Labute approximate surface area is 56.6 Å². The van der Waals surface area contributed by atoms with E-state index in [0.717, 1.165) is 12.3 Å². The molecule has 1 rings (SSSR count). The van der Waals surface area contributed by atoms with E-state index in [4.69, 9.17) is 11.5 Å². The maximum absolute atomic E-state index is 5.73. The van der Waals surface area contributed by atoms with E-state index in [9.17, 15) is 0 Å². The topological polar surface area (TPSA) is 52.0 Å². The summed E-state index contributed by atoms with van der Waals surface area (Å²) in [5.74, 6) is 0.908. The van der Waals surface area contributed by atoms with Gasteiger partial charge in [-0.05, 0) is 19.3 Å². The minimum Gasteiger partial charge on any atom is -0.327 e. The second-order valence-electron chi connectivity index (χ2n) is 3.20. The molecule has 0 aromatic heterocycles. The average molecular weight is 128 g/mol. The largest absolute Gasteiger partial charge is 0.327 e. The van der Waals surface area contributed by atoms with Crippen molar-refractivity contribution in [2.24, 2.45) is 17.4 Å². The fourth-order valence-corrected chi connectivity index (χ4v) is 0.953. The summed E-state index contributed by atoms with van der Waals surface area (Å²) in [4.78, 5) is 0. The lowest BCUT2D eigenvalue weighted by atomic mass is 10.1. The van der Waals surface area contributed by atoms with Crippen molar-refractivity contribution in [1.82, 2.24) is 0 Å². The van der Waals surface area contributed by atoms with Crippen molar-refractivity contribution in [2.75, 3.05) is 0 Å². The van der Waals surface area contributed by atoms with Gasteiger partial charge in [-0.2, -0.15) is 0 Å². The lowest BCUT2D eigenvalue weighted by molar-refractivity contribution is 0.496. The Bertz CT molecular complexity index is 86.9. The van der Waals surface area contributed by atoms with Crippen LogP contribution in [0.2, 0.25) is 0 Å². The van der Waals surface area contributed by atoms with Gasteiger partial charge in [-0.3, -0.25) is 0 Å². The summed E-state index contributed by atoms with van der Waals surface area (Å²) in [6.45, 7) is 1.98. The molecule has 0 spiro atoms. The first-order valence-corrected chi connectivity index (χ1v) is 3.71. The van der Waals surface area contributed by atoms with Crippen molar-refractivity contribution in [3.63, 3.8) is 0 Å². The average Bonchev–Trinajstić information content (AvgIpc) is 2.50. The SMILES string of the molecule is C[C@H](N)[C@H](N)CC1CC1. The van der Waals surface area contributed by atoms with Gasteiger partial charge in [0, 0.05) is 12.1 Å². The molecule has 2 heteroatoms. The Balaban J connectivity index is 2.09. The minimum atomic E-state index is 0.172. The van der Waals surface area contributed by atoms with E-state index < -0.39 is 0 Å². The molecule has 1 aliphatic carbocycles. The molecule has 1 saturated carbocycles. The van der Waals surface area contributed by atoms with E-state index in [2.05, 4.69) is 0 Å². The van der Waals surface area contributed by atoms with Gasteiger partial charge in [0.05, 0.1) is 0 Å². The van der Waals surface area contributed by atoms with Crippen LogP contribution in [-0.2, 0) is 0 Å². The van der Waals surface area contributed by atoms with Crippen LogP contribution in [0.25, 0.3) is 0 Å². The lowest BCUT2D eigenvalue weighted by Gasteiger charge is -2.13. The van der Waals surface area contributed by atoms with Crippen LogP contribution < -0.4 is 11.5 Å². The number of rotatable bonds is 3. The van der Waals surface area contributed by atoms with Crippen LogP contribution in [0.4, 0.5) is 0 Å². The molecule has 1 aliphatic rings. The van der Waals surface area contributed by atoms with Crippen LogP contribution in [0.1, 0.15) is 26.2 Å². The van der Waals surface area contributed by atoms with Crippen molar-refractivity contribution in [2.45, 2.75) is 38.3 Å². The molecular weight excluding hydrogens is 112 g/mol. The van der Waals surface area contributed by atoms with Crippen molar-refractivity contribution >= 4 is 0 Å². The van der Waals surface area contributed by atoms with Gasteiger partial charge in [0.25, 0.3) is 0 Å². The zero-order valence-electron chi connectivity index (χ0n) is 6.01. The molecule has 54 valence electrons. The zero-order valence-corrected chi connectivity index (χ0v) is 6.01. The number of hydrogen-bond acceptors (Lipinski definition) is 2. The van der Waals surface area contributed by atoms with E-state index >= 15 is 0 Å². The monoisotopic (exact) mass is 128 g/mol. The fourth-order valence-electron chi connectivity index (χ4n) is 0.953. The highest BCUT2D eigenvalue weighted by molar-refractivity contribution is 4.81. The van der Waals surface area contributed by atoms with Gasteiger partial charge >= 0.3 is 0 Å². The Morgan fingerprint density at radius 2 is 2.00 bits per heavy atom. The molecule has 0 aromatic carbocycles. The highest BCUT2D eigenvalue weighted by Gasteiger charge is 2.24. The summed E-state index contributed by atoms with van der Waals surface area (Å²) in [6.07, 6.45) is 3.89. The summed E-state index contributed by atoms with van der Waals surface area (Å²) < 4.78 is 0. The molecule has 1 fully saturated rings. The van der Waals surface area contributed by atoms with Crippen LogP contribution in [0.3, 0.4) is 0 Å². The van der Waals surface area contributed by atoms with E-state index in [1.165, 1.54) is 12.8 Å². The summed E-state index contributed by atoms with van der Waals surface area (Å²) in [7, 11) is 0. The molecule has 0 heterocycles. The molecule has 4 N–H and O–H groups in total. The third-order valence-corrected chi connectivity index (χ3v) is 1.98. The smallest absolute Gasteiger partial charge is 0.0192 e. The van der Waals surface area contributed by atoms with Crippen molar-refractivity contribution in [3.05, 3.63) is 0 Å². The molecule has 0 aromatic rings. The molecular formula is C7H16N2. The quantitative estimate of drug-likeness (QED) is 0.580. The Kier molecular flexibility index (Phi) is 2.09. The van der Waals surface area contributed by atoms with Crippen molar-refractivity contribution < 1.29 is 0 Å². The van der Waals surface area contributed by atoms with Gasteiger partial charge in [0.15, 0.2) is 0 Å². The molecule has 0 aliphatic heterocycles. The first kappa shape index (κ1) is 7.03. The molecule has 0 amide bonds. The van der Waals surface area contributed by atoms with Crippen molar-refractivity contribution in [1.29, 1.82) is 0 Å². The third kappa shape index (κ3) is 2.33. The third-order valence-electron chi connectivity index (χ3n) is 1.98. The molecule has 0 radical (unpaired) electrons. The van der Waals surface area contributed by atoms with Gasteiger partial charge in [0.1, 0.15) is 0 Å². The first-order chi connectivity index (χ1) is 4.20. The first-order valence-electron chi connectivity index (χ1n) is 3.71. The Hall–Kier alpha value is -0.0800. The highest BCUT2D eigenvalue weighted by Crippen LogP contribution is 2.33. The number of hydrogen-bond donors (Lipinski definition) is 2. The van der Waals surface area contributed by atoms with E-state index in [1.807, 2.05) is 6.92 Å². The van der Waals surface area contributed by atoms with Crippen LogP contribution in [0.5, 0.6) is 0 Å². The van der Waals surface area contributed by atoms with Crippen LogP contribution >= 0.6 is 0 Å². The molecule has 2 nitrogen and oxygen atoms in total. The van der Waals surface area contributed by atoms with Crippen LogP contribution in [0.15, 0.2) is 0 Å². The standard InChI is InChI=1S/C7H16N2/c1-5(8)7(9)4-6-2-3-6/h5-7H,2-4,8-9H2,1H3/t5-,7+/m0/s1. The molecule has 0 unspecified atom stereocenters. The fraction of sp³-hybridized carbons (Fsp3) is 1.00. The second kappa shape index (κ2) is 2.67. The van der Waals surface area contributed by atoms with Gasteiger partial charge in [-0.1, -0.05) is 12.8 Å². The predicted molar refractivity (Wildman–Crippen MR) is 39.0 cm³/mol. The maximum atomic E-state index is 5.73. The van der Waals surface area contributed by atoms with Gasteiger partial charge in [-0.25, -0.2) is 0 Å². The van der Waals surface area contributed by atoms with Crippen LogP contribution in [0, 0.1) is 5.92 Å². The van der Waals surface area contributed by atoms with Crippen LogP contribution in [-0.4, -0.2) is 12.1 Å². The van der Waals surface area contributed by atoms with Gasteiger partial charge in [0.2, 0.25) is 0 Å². The number of nitrogens with two attached hydrogens (primary N) is 2. The van der Waals surface area contributed by atoms with E-state index in [-0.39, 0.29) is 12.1 Å². The molecule has 0 saturated heterocycles. The van der Waals surface area contributed by atoms with Gasteiger partial charge < -0.3 is 11.5 Å². The molecule has 9 heavy (non-hydrogen) atoms. The normalized spacial score (nSPS) is 25.7. The summed E-state index contributed by atoms with van der Waals surface area (Å²) in [6, 6.07) is 0.406. The Morgan fingerprint density at radius 3 is 2.33 bits per heavy atom. The van der Waals surface area contributed by atoms with E-state index in [1.54, 1.807) is 0 Å². The maximum Gasteiger partial charge on any atom is 0.0192 e. The highest BCUT2D eigenvalue weighted by atomic mass is 14.8. The predicted octanol–water partition coefficient (Wildman–Crippen LogP) is 0.461. The van der Waals surface area contributed by atoms with Gasteiger partial charge in [-0.15, -0.1) is 0 Å². The van der Waals surface area contributed by atoms with E-state index in [0.29, 0.717) is 0 Å². The minimum absolute atomic E-state index is 0.172. The summed E-state index contributed by atoms with van der Waals surface area (Å²) >= 11 is 0. The Morgan fingerprint density at radius 1 is 1.44 bits per heavy atom. The molecule has 2 atom stereocenters.